The van der Waals surface area contributed by atoms with Gasteiger partial charge < -0.3 is 10.1 Å². The van der Waals surface area contributed by atoms with Crippen LogP contribution in [-0.4, -0.2) is 27.7 Å². The van der Waals surface area contributed by atoms with Crippen molar-refractivity contribution in [1.29, 1.82) is 0 Å². The molecule has 2 heterocycles. The number of hydrogen-bond donors (Lipinski definition) is 1. The van der Waals surface area contributed by atoms with Gasteiger partial charge in [0.05, 0.1) is 19.3 Å². The topological polar surface area (TPSA) is 69.0 Å². The van der Waals surface area contributed by atoms with Crippen molar-refractivity contribution in [2.45, 2.75) is 25.8 Å². The standard InChI is InChI=1S/C13H16N4O2S/c18-13(19-9-10-3-1-4-10)14-7-11-8-17(16-15-11)12-5-2-6-20-12/h2,5-6,8,10H,1,3-4,7,9H2,(H,14,18). The molecule has 1 fully saturated rings. The molecular formula is C13H16N4O2S. The Morgan fingerprint density at radius 1 is 1.55 bits per heavy atom. The van der Waals surface area contributed by atoms with Crippen LogP contribution in [0.5, 0.6) is 0 Å². The van der Waals surface area contributed by atoms with Crippen molar-refractivity contribution in [2.75, 3.05) is 6.61 Å². The molecule has 0 aromatic carbocycles. The molecule has 1 amide bonds. The quantitative estimate of drug-likeness (QED) is 0.918. The first-order valence-corrected chi connectivity index (χ1v) is 7.55. The fourth-order valence-electron chi connectivity index (χ4n) is 1.95. The Bertz CT molecular complexity index is 563. The fraction of sp³-hybridized carbons (Fsp3) is 0.462. The minimum absolute atomic E-state index is 0.328. The van der Waals surface area contributed by atoms with Gasteiger partial charge in [-0.3, -0.25) is 0 Å². The van der Waals surface area contributed by atoms with Gasteiger partial charge in [0.15, 0.2) is 0 Å². The Labute approximate surface area is 120 Å². The van der Waals surface area contributed by atoms with Crippen molar-refractivity contribution in [1.82, 2.24) is 20.3 Å². The van der Waals surface area contributed by atoms with Gasteiger partial charge in [0, 0.05) is 0 Å². The van der Waals surface area contributed by atoms with Gasteiger partial charge in [0.2, 0.25) is 0 Å². The van der Waals surface area contributed by atoms with Gasteiger partial charge in [0.1, 0.15) is 10.7 Å². The monoisotopic (exact) mass is 292 g/mol. The molecule has 0 spiro atoms. The fourth-order valence-corrected chi connectivity index (χ4v) is 2.61. The molecule has 0 atom stereocenters. The zero-order chi connectivity index (χ0) is 13.8. The zero-order valence-corrected chi connectivity index (χ0v) is 11.8. The number of thiophene rings is 1. The highest BCUT2D eigenvalue weighted by Crippen LogP contribution is 2.26. The number of aromatic nitrogens is 3. The summed E-state index contributed by atoms with van der Waals surface area (Å²) in [4.78, 5) is 11.5. The van der Waals surface area contributed by atoms with Crippen LogP contribution in [0, 0.1) is 5.92 Å². The predicted octanol–water partition coefficient (Wildman–Crippen LogP) is 2.36. The van der Waals surface area contributed by atoms with Crippen molar-refractivity contribution in [2.24, 2.45) is 5.92 Å². The lowest BCUT2D eigenvalue weighted by molar-refractivity contribution is 0.103. The summed E-state index contributed by atoms with van der Waals surface area (Å²) in [6, 6.07) is 3.92. The molecule has 2 aromatic rings. The number of ether oxygens (including phenoxy) is 1. The molecule has 0 radical (unpaired) electrons. The lowest BCUT2D eigenvalue weighted by Gasteiger charge is -2.24. The third-order valence-corrected chi connectivity index (χ3v) is 4.22. The van der Waals surface area contributed by atoms with Crippen molar-refractivity contribution in [3.05, 3.63) is 29.4 Å². The van der Waals surface area contributed by atoms with Crippen molar-refractivity contribution >= 4 is 17.4 Å². The summed E-state index contributed by atoms with van der Waals surface area (Å²) in [7, 11) is 0. The molecule has 6 nitrogen and oxygen atoms in total. The first-order chi connectivity index (χ1) is 9.81. The Hall–Kier alpha value is -1.89. The third kappa shape index (κ3) is 3.16. The second kappa shape index (κ2) is 6.04. The molecule has 1 saturated carbocycles. The van der Waals surface area contributed by atoms with Crippen molar-refractivity contribution in [3.8, 4) is 5.00 Å². The highest BCUT2D eigenvalue weighted by atomic mass is 32.1. The van der Waals surface area contributed by atoms with E-state index in [4.69, 9.17) is 4.74 Å². The van der Waals surface area contributed by atoms with Gasteiger partial charge in [-0.15, -0.1) is 16.4 Å². The summed E-state index contributed by atoms with van der Waals surface area (Å²) in [6.45, 7) is 0.850. The van der Waals surface area contributed by atoms with Gasteiger partial charge in [0.25, 0.3) is 0 Å². The number of amides is 1. The van der Waals surface area contributed by atoms with Crippen molar-refractivity contribution in [3.63, 3.8) is 0 Å². The SMILES string of the molecule is O=C(NCc1cn(-c2cccs2)nn1)OCC1CCC1. The molecule has 0 saturated heterocycles. The molecular weight excluding hydrogens is 276 g/mol. The maximum absolute atomic E-state index is 11.5. The Morgan fingerprint density at radius 2 is 2.45 bits per heavy atom. The van der Waals surface area contributed by atoms with Crippen LogP contribution in [0.25, 0.3) is 5.00 Å². The summed E-state index contributed by atoms with van der Waals surface area (Å²) in [6.07, 6.45) is 5.01. The number of hydrogen-bond acceptors (Lipinski definition) is 5. The molecule has 0 unspecified atom stereocenters. The number of rotatable bonds is 5. The molecule has 0 bridgehead atoms. The molecule has 1 N–H and O–H groups in total. The van der Waals surface area contributed by atoms with E-state index in [1.54, 1.807) is 22.2 Å². The largest absolute Gasteiger partial charge is 0.449 e. The lowest BCUT2D eigenvalue weighted by Crippen LogP contribution is -2.28. The van der Waals surface area contributed by atoms with Crippen LogP contribution in [-0.2, 0) is 11.3 Å². The minimum atomic E-state index is -0.387. The van der Waals surface area contributed by atoms with Crippen LogP contribution in [0.3, 0.4) is 0 Å². The summed E-state index contributed by atoms with van der Waals surface area (Å²) in [5.41, 5.74) is 0.707. The Kier molecular flexibility index (Phi) is 3.96. The summed E-state index contributed by atoms with van der Waals surface area (Å²) in [5, 5.41) is 13.7. The van der Waals surface area contributed by atoms with E-state index in [9.17, 15) is 4.79 Å². The van der Waals surface area contributed by atoms with Crippen LogP contribution in [0.1, 0.15) is 25.0 Å². The molecule has 3 rings (SSSR count). The second-order valence-corrected chi connectivity index (χ2v) is 5.78. The van der Waals surface area contributed by atoms with E-state index < -0.39 is 0 Å². The van der Waals surface area contributed by atoms with E-state index >= 15 is 0 Å². The number of carbonyl (C=O) groups is 1. The van der Waals surface area contributed by atoms with Crippen molar-refractivity contribution < 1.29 is 9.53 Å². The van der Waals surface area contributed by atoms with E-state index in [0.29, 0.717) is 24.8 Å². The predicted molar refractivity (Wildman–Crippen MR) is 74.8 cm³/mol. The van der Waals surface area contributed by atoms with Gasteiger partial charge >= 0.3 is 6.09 Å². The molecule has 106 valence electrons. The van der Waals surface area contributed by atoms with Crippen LogP contribution in [0.2, 0.25) is 0 Å². The maximum Gasteiger partial charge on any atom is 0.407 e. The smallest absolute Gasteiger partial charge is 0.407 e. The Morgan fingerprint density at radius 3 is 3.15 bits per heavy atom. The first kappa shape index (κ1) is 13.1. The Balaban J connectivity index is 1.44. The maximum atomic E-state index is 11.5. The van der Waals surface area contributed by atoms with Gasteiger partial charge in [-0.2, -0.15) is 0 Å². The molecule has 2 aromatic heterocycles. The van der Waals surface area contributed by atoms with Crippen LogP contribution >= 0.6 is 11.3 Å². The zero-order valence-electron chi connectivity index (χ0n) is 11.0. The summed E-state index contributed by atoms with van der Waals surface area (Å²) < 4.78 is 6.84. The number of carbonyl (C=O) groups excluding carboxylic acids is 1. The van der Waals surface area contributed by atoms with E-state index in [-0.39, 0.29) is 6.09 Å². The van der Waals surface area contributed by atoms with E-state index in [0.717, 1.165) is 5.00 Å². The van der Waals surface area contributed by atoms with Gasteiger partial charge in [-0.05, 0) is 36.3 Å². The van der Waals surface area contributed by atoms with E-state index in [2.05, 4.69) is 15.6 Å². The summed E-state index contributed by atoms with van der Waals surface area (Å²) >= 11 is 1.58. The highest BCUT2D eigenvalue weighted by molar-refractivity contribution is 7.12. The van der Waals surface area contributed by atoms with Crippen LogP contribution < -0.4 is 5.32 Å². The third-order valence-electron chi connectivity index (χ3n) is 3.36. The number of alkyl carbamates (subject to hydrolysis) is 1. The minimum Gasteiger partial charge on any atom is -0.449 e. The first-order valence-electron chi connectivity index (χ1n) is 6.67. The normalized spacial score (nSPS) is 14.8. The molecule has 0 aliphatic heterocycles. The van der Waals surface area contributed by atoms with Crippen LogP contribution in [0.15, 0.2) is 23.7 Å². The second-order valence-electron chi connectivity index (χ2n) is 4.85. The van der Waals surface area contributed by atoms with Gasteiger partial charge in [-0.25, -0.2) is 9.48 Å². The average Bonchev–Trinajstić information content (AvgIpc) is 3.05. The average molecular weight is 292 g/mol. The van der Waals surface area contributed by atoms with E-state index in [1.807, 2.05) is 17.5 Å². The number of nitrogens with one attached hydrogen (secondary N) is 1. The van der Waals surface area contributed by atoms with Gasteiger partial charge in [-0.1, -0.05) is 11.6 Å². The molecule has 20 heavy (non-hydrogen) atoms. The highest BCUT2D eigenvalue weighted by Gasteiger charge is 2.19. The molecule has 1 aliphatic rings. The van der Waals surface area contributed by atoms with Crippen LogP contribution in [0.4, 0.5) is 4.79 Å². The lowest BCUT2D eigenvalue weighted by atomic mass is 9.86. The van der Waals surface area contributed by atoms with E-state index in [1.165, 1.54) is 19.3 Å². The number of nitrogens with zero attached hydrogens (tertiary/aromatic N) is 3. The summed E-state index contributed by atoms with van der Waals surface area (Å²) in [5.74, 6) is 0.556. The molecule has 1 aliphatic carbocycles. The molecule has 7 heteroatoms.